The van der Waals surface area contributed by atoms with Gasteiger partial charge < -0.3 is 25.0 Å². The smallest absolute Gasteiger partial charge is 0.321 e. The third kappa shape index (κ3) is 10.0. The summed E-state index contributed by atoms with van der Waals surface area (Å²) in [4.78, 5) is 40.9. The fourth-order valence-corrected chi connectivity index (χ4v) is 9.48. The molecule has 53 heavy (non-hydrogen) atoms. The minimum atomic E-state index is -4.01. The number of aromatic nitrogens is 2. The van der Waals surface area contributed by atoms with Crippen molar-refractivity contribution in [3.8, 4) is 16.5 Å². The Bertz CT molecular complexity index is 1920. The molecule has 0 aliphatic carbocycles. The van der Waals surface area contributed by atoms with Crippen molar-refractivity contribution in [2.24, 2.45) is 11.8 Å². The Morgan fingerprint density at radius 2 is 1.74 bits per heavy atom. The number of carbonyl (C=O) groups excluding carboxylic acids is 2. The van der Waals surface area contributed by atoms with Crippen molar-refractivity contribution in [2.45, 2.75) is 77.1 Å². The number of hydrogen-bond donors (Lipinski definition) is 2. The van der Waals surface area contributed by atoms with E-state index in [0.29, 0.717) is 31.8 Å². The average Bonchev–Trinajstić information content (AvgIpc) is 3.88. The van der Waals surface area contributed by atoms with Crippen LogP contribution in [-0.4, -0.2) is 101 Å². The quantitative estimate of drug-likeness (QED) is 0.131. The molecule has 286 valence electrons. The summed E-state index contributed by atoms with van der Waals surface area (Å²) < 4.78 is 34.3. The van der Waals surface area contributed by atoms with E-state index in [2.05, 4.69) is 10.3 Å². The van der Waals surface area contributed by atoms with E-state index in [1.807, 2.05) is 75.7 Å². The molecule has 4 aromatic rings. The molecule has 3 amide bonds. The van der Waals surface area contributed by atoms with E-state index in [1.165, 1.54) is 34.9 Å². The van der Waals surface area contributed by atoms with Crippen LogP contribution in [0.4, 0.5) is 4.79 Å². The molecular formula is C38H50N6O6S3. The van der Waals surface area contributed by atoms with Crippen LogP contribution in [0.1, 0.15) is 50.4 Å². The second kappa shape index (κ2) is 18.0. The number of sulfonamides is 1. The predicted molar refractivity (Wildman–Crippen MR) is 208 cm³/mol. The van der Waals surface area contributed by atoms with Gasteiger partial charge in [0.1, 0.15) is 22.5 Å². The van der Waals surface area contributed by atoms with Crippen molar-refractivity contribution in [3.63, 3.8) is 0 Å². The monoisotopic (exact) mass is 782 g/mol. The number of hydrogen-bond acceptors (Lipinski definition) is 10. The number of rotatable bonds is 18. The van der Waals surface area contributed by atoms with Crippen LogP contribution in [0, 0.1) is 18.8 Å². The van der Waals surface area contributed by atoms with Gasteiger partial charge in [0.15, 0.2) is 0 Å². The Morgan fingerprint density at radius 1 is 1.02 bits per heavy atom. The first-order chi connectivity index (χ1) is 25.3. The van der Waals surface area contributed by atoms with Crippen LogP contribution in [0.5, 0.6) is 5.75 Å². The van der Waals surface area contributed by atoms with Crippen molar-refractivity contribution in [1.29, 1.82) is 0 Å². The third-order valence-electron chi connectivity index (χ3n) is 9.40. The predicted octanol–water partition coefficient (Wildman–Crippen LogP) is 5.67. The summed E-state index contributed by atoms with van der Waals surface area (Å²) in [7, 11) is -2.50. The summed E-state index contributed by atoms with van der Waals surface area (Å²) in [6, 6.07) is 13.7. The number of aliphatic hydroxyl groups excluding tert-OH is 1. The van der Waals surface area contributed by atoms with Crippen LogP contribution in [0.25, 0.3) is 10.7 Å². The van der Waals surface area contributed by atoms with E-state index in [0.717, 1.165) is 27.0 Å². The van der Waals surface area contributed by atoms with Gasteiger partial charge in [0.05, 0.1) is 41.4 Å². The highest BCUT2D eigenvalue weighted by Crippen LogP contribution is 2.28. The molecule has 1 aliphatic rings. The lowest BCUT2D eigenvalue weighted by molar-refractivity contribution is -0.128. The first-order valence-corrected chi connectivity index (χ1v) is 21.1. The van der Waals surface area contributed by atoms with Gasteiger partial charge in [-0.2, -0.15) is 4.31 Å². The molecule has 5 rings (SSSR count). The van der Waals surface area contributed by atoms with Crippen LogP contribution in [0.3, 0.4) is 0 Å². The number of ether oxygens (including phenoxy) is 1. The third-order valence-corrected chi connectivity index (χ3v) is 12.9. The Morgan fingerprint density at radius 3 is 2.36 bits per heavy atom. The molecule has 2 unspecified atom stereocenters. The zero-order chi connectivity index (χ0) is 38.3. The number of carbonyl (C=O) groups is 2. The van der Waals surface area contributed by atoms with Crippen LogP contribution in [-0.2, 0) is 27.8 Å². The van der Waals surface area contributed by atoms with Crippen LogP contribution >= 0.6 is 22.7 Å². The number of aryl methyl sites for hydroxylation is 1. The minimum absolute atomic E-state index is 0.0383. The average molecular weight is 783 g/mol. The summed E-state index contributed by atoms with van der Waals surface area (Å²) >= 11 is 3.05. The lowest BCUT2D eigenvalue weighted by Gasteiger charge is -2.35. The van der Waals surface area contributed by atoms with E-state index in [-0.39, 0.29) is 42.3 Å². The van der Waals surface area contributed by atoms with Gasteiger partial charge in [-0.05, 0) is 55.0 Å². The topological polar surface area (TPSA) is 145 Å². The molecular weight excluding hydrogens is 733 g/mol. The Labute approximate surface area is 320 Å². The van der Waals surface area contributed by atoms with Crippen LogP contribution < -0.4 is 10.1 Å². The van der Waals surface area contributed by atoms with E-state index < -0.39 is 34.1 Å². The highest BCUT2D eigenvalue weighted by atomic mass is 32.2. The number of methoxy groups -OCH3 is 1. The molecule has 15 heteroatoms. The highest BCUT2D eigenvalue weighted by molar-refractivity contribution is 7.89. The summed E-state index contributed by atoms with van der Waals surface area (Å²) in [5.74, 6) is -0.0963. The van der Waals surface area contributed by atoms with Gasteiger partial charge in [-0.25, -0.2) is 23.2 Å². The van der Waals surface area contributed by atoms with Gasteiger partial charge >= 0.3 is 6.03 Å². The molecule has 12 nitrogen and oxygen atoms in total. The van der Waals surface area contributed by atoms with Gasteiger partial charge in [0.25, 0.3) is 0 Å². The van der Waals surface area contributed by atoms with Crippen LogP contribution in [0.15, 0.2) is 70.3 Å². The van der Waals surface area contributed by atoms with Gasteiger partial charge in [-0.3, -0.25) is 4.79 Å². The number of aliphatic hydroxyl groups is 1. The highest BCUT2D eigenvalue weighted by Gasteiger charge is 2.41. The summed E-state index contributed by atoms with van der Waals surface area (Å²) in [5, 5.41) is 20.6. The Hall–Kier alpha value is -3.89. The van der Waals surface area contributed by atoms with E-state index in [9.17, 15) is 23.1 Å². The lowest BCUT2D eigenvalue weighted by Crippen LogP contribution is -2.57. The van der Waals surface area contributed by atoms with Crippen molar-refractivity contribution >= 4 is 44.6 Å². The van der Waals surface area contributed by atoms with Gasteiger partial charge in [-0.15, -0.1) is 22.7 Å². The number of amides is 3. The molecule has 3 heterocycles. The SMILES string of the molecule is CCC(C)C(C(=O)N[C@@H](Cc1ccccc1)[C@H](O)CN(CC(C)C)S(=O)(=O)c1ccc(OC)cc1)N1CCN(Cc2csc(-c3csc(C)n3)n2)C1=O. The normalized spacial score (nSPS) is 15.9. The van der Waals surface area contributed by atoms with Gasteiger partial charge in [0.2, 0.25) is 15.9 Å². The standard InChI is InChI=1S/C38H50N6O6S3/c1-7-26(4)35(44-18-17-42(38(44)47)21-29-23-52-37(40-29)33-24-51-27(5)39-33)36(46)41-32(19-28-11-9-8-10-12-28)34(45)22-43(20-25(2)3)53(48,49)31-15-13-30(50-6)14-16-31/h8-16,23-26,32,34-35,45H,7,17-22H2,1-6H3,(H,41,46)/t26?,32-,34+,35?/m0/s1. The second-order valence-corrected chi connectivity index (χ2v) is 17.7. The summed E-state index contributed by atoms with van der Waals surface area (Å²) in [5.41, 5.74) is 2.45. The van der Waals surface area contributed by atoms with Crippen molar-refractivity contribution < 1.29 is 27.9 Å². The maximum absolute atomic E-state index is 14.4. The first-order valence-electron chi connectivity index (χ1n) is 17.9. The fraction of sp³-hybridized carbons (Fsp3) is 0.474. The number of urea groups is 1. The van der Waals surface area contributed by atoms with Crippen molar-refractivity contribution in [1.82, 2.24) is 29.4 Å². The molecule has 0 saturated carbocycles. The maximum atomic E-state index is 14.4. The summed E-state index contributed by atoms with van der Waals surface area (Å²) in [6.07, 6.45) is -0.378. The zero-order valence-electron chi connectivity index (χ0n) is 31.1. The molecule has 2 aromatic carbocycles. The minimum Gasteiger partial charge on any atom is -0.497 e. The molecule has 0 spiro atoms. The lowest BCUT2D eigenvalue weighted by atomic mass is 9.95. The van der Waals surface area contributed by atoms with Crippen molar-refractivity contribution in [2.75, 3.05) is 33.3 Å². The van der Waals surface area contributed by atoms with Crippen molar-refractivity contribution in [3.05, 3.63) is 81.6 Å². The first kappa shape index (κ1) is 40.3. The van der Waals surface area contributed by atoms with Gasteiger partial charge in [-0.1, -0.05) is 64.4 Å². The molecule has 1 fully saturated rings. The fourth-order valence-electron chi connectivity index (χ4n) is 6.42. The molecule has 1 aliphatic heterocycles. The number of benzene rings is 2. The molecule has 0 bridgehead atoms. The number of nitrogens with zero attached hydrogens (tertiary/aromatic N) is 5. The zero-order valence-corrected chi connectivity index (χ0v) is 33.6. The number of thiazole rings is 2. The van der Waals surface area contributed by atoms with E-state index in [4.69, 9.17) is 9.72 Å². The Kier molecular flexibility index (Phi) is 13.7. The maximum Gasteiger partial charge on any atom is 0.321 e. The molecule has 4 atom stereocenters. The molecule has 1 saturated heterocycles. The Balaban J connectivity index is 1.35. The molecule has 0 radical (unpaired) electrons. The van der Waals surface area contributed by atoms with E-state index >= 15 is 0 Å². The summed E-state index contributed by atoms with van der Waals surface area (Å²) in [6.45, 7) is 10.7. The largest absolute Gasteiger partial charge is 0.497 e. The van der Waals surface area contributed by atoms with E-state index in [1.54, 1.807) is 33.3 Å². The van der Waals surface area contributed by atoms with Gasteiger partial charge in [0, 0.05) is 36.9 Å². The number of nitrogens with one attached hydrogen (secondary N) is 1. The van der Waals surface area contributed by atoms with Crippen LogP contribution in [0.2, 0.25) is 0 Å². The second-order valence-electron chi connectivity index (χ2n) is 13.9. The molecule has 2 aromatic heterocycles. The molecule has 2 N–H and O–H groups in total.